The van der Waals surface area contributed by atoms with Gasteiger partial charge in [0.25, 0.3) is 0 Å². The molecular weight excluding hydrogens is 418 g/mol. The van der Waals surface area contributed by atoms with Gasteiger partial charge in [-0.3, -0.25) is 9.80 Å². The van der Waals surface area contributed by atoms with Crippen LogP contribution in [0, 0.1) is 28.1 Å². The van der Waals surface area contributed by atoms with E-state index < -0.39 is 0 Å². The summed E-state index contributed by atoms with van der Waals surface area (Å²) in [7, 11) is 0. The minimum Gasteiger partial charge on any atom is -0.374 e. The molecule has 198 valence electrons. The smallest absolute Gasteiger partial charge is 0.0628 e. The topological polar surface area (TPSA) is 19.0 Å². The Kier molecular flexibility index (Phi) is 7.61. The first-order chi connectivity index (χ1) is 15.7. The van der Waals surface area contributed by atoms with Crippen molar-refractivity contribution in [1.82, 2.24) is 14.7 Å². The number of fused-ring (bicyclic) bond motifs is 2. The predicted octanol–water partition coefficient (Wildman–Crippen LogP) is 5.76. The lowest BCUT2D eigenvalue weighted by Crippen LogP contribution is -2.62. The molecule has 2 bridgehead atoms. The second-order valence-electron chi connectivity index (χ2n) is 15.7. The molecule has 5 aliphatic rings. The predicted molar refractivity (Wildman–Crippen MR) is 144 cm³/mol. The summed E-state index contributed by atoms with van der Waals surface area (Å²) in [5.41, 5.74) is 1.34. The molecule has 4 aliphatic heterocycles. The molecule has 3 atom stereocenters. The second-order valence-corrected chi connectivity index (χ2v) is 15.7. The van der Waals surface area contributed by atoms with Gasteiger partial charge in [-0.15, -0.1) is 0 Å². The monoisotopic (exact) mass is 475 g/mol. The van der Waals surface area contributed by atoms with Crippen LogP contribution in [0.2, 0.25) is 0 Å². The Labute approximate surface area is 212 Å². The first kappa shape index (κ1) is 26.9. The molecule has 1 aliphatic carbocycles. The second kappa shape index (κ2) is 9.62. The van der Waals surface area contributed by atoms with E-state index >= 15 is 0 Å². The molecule has 0 N–H and O–H groups in total. The van der Waals surface area contributed by atoms with Crippen LogP contribution in [0.4, 0.5) is 0 Å². The summed E-state index contributed by atoms with van der Waals surface area (Å²) < 4.78 is 6.20. The fourth-order valence-corrected chi connectivity index (χ4v) is 7.73. The number of piperidine rings is 2. The number of rotatable bonds is 7. The fourth-order valence-electron chi connectivity index (χ4n) is 7.73. The molecular formula is C30H57N3O. The highest BCUT2D eigenvalue weighted by Gasteiger charge is 2.55. The Balaban J connectivity index is 1.32. The Morgan fingerprint density at radius 3 is 2.21 bits per heavy atom. The van der Waals surface area contributed by atoms with E-state index in [1.54, 1.807) is 0 Å². The average molecular weight is 476 g/mol. The van der Waals surface area contributed by atoms with Gasteiger partial charge in [0.2, 0.25) is 0 Å². The Morgan fingerprint density at radius 2 is 1.59 bits per heavy atom. The molecule has 0 aromatic rings. The van der Waals surface area contributed by atoms with Crippen LogP contribution in [0.25, 0.3) is 0 Å². The molecule has 5 fully saturated rings. The van der Waals surface area contributed by atoms with Crippen molar-refractivity contribution in [1.29, 1.82) is 0 Å². The van der Waals surface area contributed by atoms with E-state index in [1.807, 2.05) is 0 Å². The molecule has 34 heavy (non-hydrogen) atoms. The summed E-state index contributed by atoms with van der Waals surface area (Å²) in [5.74, 6) is 1.76. The normalized spacial score (nSPS) is 36.3. The van der Waals surface area contributed by atoms with Gasteiger partial charge in [0.05, 0.1) is 12.2 Å². The van der Waals surface area contributed by atoms with E-state index in [-0.39, 0.29) is 5.60 Å². The van der Waals surface area contributed by atoms with Crippen molar-refractivity contribution < 1.29 is 4.74 Å². The summed E-state index contributed by atoms with van der Waals surface area (Å²) in [5, 5.41) is 0. The molecule has 0 spiro atoms. The standard InChI is InChI=1S/C30H57N3O/c1-27(2,3)26-15-23(19-32-12-10-11-25(32)21-34-29(7,8)9)20-33(26)14-13-31-18-24-16-30(17-24,22-31)28(4,5)6/h23-26H,10-22H2,1-9H3. The third-order valence-corrected chi connectivity index (χ3v) is 9.89. The minimum atomic E-state index is -0.0314. The number of hydrogen-bond acceptors (Lipinski definition) is 4. The fraction of sp³-hybridized carbons (Fsp3) is 1.00. The van der Waals surface area contributed by atoms with Crippen molar-refractivity contribution >= 4 is 0 Å². The highest BCUT2D eigenvalue weighted by Crippen LogP contribution is 2.59. The van der Waals surface area contributed by atoms with Crippen LogP contribution in [-0.2, 0) is 4.74 Å². The van der Waals surface area contributed by atoms with Crippen LogP contribution in [0.5, 0.6) is 0 Å². The quantitative estimate of drug-likeness (QED) is 0.466. The molecule has 4 heteroatoms. The van der Waals surface area contributed by atoms with Crippen LogP contribution in [0.15, 0.2) is 0 Å². The third kappa shape index (κ3) is 6.03. The summed E-state index contributed by atoms with van der Waals surface area (Å²) >= 11 is 0. The van der Waals surface area contributed by atoms with Crippen molar-refractivity contribution in [2.75, 3.05) is 52.4 Å². The zero-order valence-corrected chi connectivity index (χ0v) is 24.3. The average Bonchev–Trinajstić information content (AvgIpc) is 3.29. The van der Waals surface area contributed by atoms with Crippen LogP contribution in [0.1, 0.15) is 94.4 Å². The maximum atomic E-state index is 6.20. The van der Waals surface area contributed by atoms with Gasteiger partial charge in [-0.2, -0.15) is 0 Å². The first-order valence-corrected chi connectivity index (χ1v) is 14.5. The Morgan fingerprint density at radius 1 is 0.882 bits per heavy atom. The van der Waals surface area contributed by atoms with E-state index in [1.165, 1.54) is 77.9 Å². The largest absolute Gasteiger partial charge is 0.374 e. The molecule has 0 aromatic carbocycles. The molecule has 4 saturated heterocycles. The van der Waals surface area contributed by atoms with Gasteiger partial charge in [0, 0.05) is 51.4 Å². The molecule has 0 radical (unpaired) electrons. The van der Waals surface area contributed by atoms with E-state index in [9.17, 15) is 0 Å². The lowest BCUT2D eigenvalue weighted by Gasteiger charge is -2.62. The molecule has 1 saturated carbocycles. The van der Waals surface area contributed by atoms with E-state index in [0.717, 1.165) is 18.4 Å². The summed E-state index contributed by atoms with van der Waals surface area (Å²) in [6, 6.07) is 1.33. The molecule has 4 nitrogen and oxygen atoms in total. The summed E-state index contributed by atoms with van der Waals surface area (Å²) in [4.78, 5) is 8.48. The van der Waals surface area contributed by atoms with Gasteiger partial charge >= 0.3 is 0 Å². The van der Waals surface area contributed by atoms with Crippen LogP contribution in [-0.4, -0.2) is 84.8 Å². The maximum absolute atomic E-state index is 6.20. The van der Waals surface area contributed by atoms with Crippen molar-refractivity contribution in [3.63, 3.8) is 0 Å². The van der Waals surface area contributed by atoms with Crippen LogP contribution in [0.3, 0.4) is 0 Å². The number of ether oxygens (including phenoxy) is 1. The van der Waals surface area contributed by atoms with Gasteiger partial charge in [-0.1, -0.05) is 41.5 Å². The summed E-state index contributed by atoms with van der Waals surface area (Å²) in [6.45, 7) is 31.3. The Bertz CT molecular complexity index is 679. The molecule has 3 unspecified atom stereocenters. The van der Waals surface area contributed by atoms with Gasteiger partial charge in [-0.25, -0.2) is 0 Å². The number of likely N-dealkylation sites (tertiary alicyclic amines) is 2. The van der Waals surface area contributed by atoms with Crippen molar-refractivity contribution in [2.24, 2.45) is 28.1 Å². The van der Waals surface area contributed by atoms with Gasteiger partial charge < -0.3 is 9.64 Å². The Hall–Kier alpha value is -0.160. The van der Waals surface area contributed by atoms with Crippen LogP contribution < -0.4 is 0 Å². The zero-order chi connectivity index (χ0) is 24.9. The minimum absolute atomic E-state index is 0.0314. The lowest BCUT2D eigenvalue weighted by atomic mass is 9.49. The highest BCUT2D eigenvalue weighted by atomic mass is 16.5. The SMILES string of the molecule is CC(C)(C)OCC1CCCN1CC1CC(C(C)(C)C)N(CCN2CC3CC(C(C)(C)C)(C3)C2)C1. The molecule has 0 aromatic heterocycles. The van der Waals surface area contributed by atoms with Gasteiger partial charge in [0.15, 0.2) is 0 Å². The van der Waals surface area contributed by atoms with Crippen molar-refractivity contribution in [3.8, 4) is 0 Å². The van der Waals surface area contributed by atoms with Crippen LogP contribution >= 0.6 is 0 Å². The molecule has 5 rings (SSSR count). The molecule has 0 amide bonds. The number of hydrogen-bond donors (Lipinski definition) is 0. The van der Waals surface area contributed by atoms with E-state index in [4.69, 9.17) is 4.74 Å². The summed E-state index contributed by atoms with van der Waals surface area (Å²) in [6.07, 6.45) is 6.95. The van der Waals surface area contributed by atoms with Gasteiger partial charge in [-0.05, 0) is 87.5 Å². The number of nitrogens with zero attached hydrogens (tertiary/aromatic N) is 3. The van der Waals surface area contributed by atoms with E-state index in [0.29, 0.717) is 28.3 Å². The molecule has 4 heterocycles. The lowest BCUT2D eigenvalue weighted by molar-refractivity contribution is -0.129. The third-order valence-electron chi connectivity index (χ3n) is 9.89. The first-order valence-electron chi connectivity index (χ1n) is 14.5. The highest BCUT2D eigenvalue weighted by molar-refractivity contribution is 5.07. The van der Waals surface area contributed by atoms with Crippen molar-refractivity contribution in [2.45, 2.75) is 112 Å². The van der Waals surface area contributed by atoms with E-state index in [2.05, 4.69) is 77.0 Å². The van der Waals surface area contributed by atoms with Gasteiger partial charge in [0.1, 0.15) is 0 Å². The zero-order valence-electron chi connectivity index (χ0n) is 24.3. The maximum Gasteiger partial charge on any atom is 0.0628 e. The van der Waals surface area contributed by atoms with Crippen molar-refractivity contribution in [3.05, 3.63) is 0 Å².